The lowest BCUT2D eigenvalue weighted by atomic mass is 10.1. The minimum atomic E-state index is -3.11. The van der Waals surface area contributed by atoms with Gasteiger partial charge in [-0.25, -0.2) is 14.0 Å². The van der Waals surface area contributed by atoms with Gasteiger partial charge in [0.1, 0.15) is 0 Å². The molecule has 0 spiro atoms. The van der Waals surface area contributed by atoms with Crippen LogP contribution in [0.5, 0.6) is 0 Å². The molecule has 0 aliphatic rings. The molecule has 0 aliphatic carbocycles. The fourth-order valence-corrected chi connectivity index (χ4v) is 0.536. The van der Waals surface area contributed by atoms with Gasteiger partial charge in [-0.05, 0) is 0 Å². The second-order valence-electron chi connectivity index (χ2n) is 1.94. The number of carbonyl (C=O) groups excluding carboxylic acids is 2. The molecule has 1 N–H and O–H groups in total. The van der Waals surface area contributed by atoms with E-state index in [-0.39, 0.29) is 0 Å². The summed E-state index contributed by atoms with van der Waals surface area (Å²) in [6.07, 6.45) is 0. The number of alkyl halides is 1. The van der Waals surface area contributed by atoms with Crippen LogP contribution in [0.1, 0.15) is 0 Å². The van der Waals surface area contributed by atoms with Crippen LogP contribution in [0.2, 0.25) is 0 Å². The predicted octanol–water partition coefficient (Wildman–Crippen LogP) is -0.967. The Bertz CT molecular complexity index is 174. The Kier molecular flexibility index (Phi) is 3.62. The SMILES string of the molecule is COC(=O)C(F)(CO)C(=O)OC. The molecule has 0 unspecified atom stereocenters. The van der Waals surface area contributed by atoms with Gasteiger partial charge in [0.15, 0.2) is 0 Å². The third-order valence-corrected chi connectivity index (χ3v) is 1.24. The first-order chi connectivity index (χ1) is 5.52. The van der Waals surface area contributed by atoms with Crippen molar-refractivity contribution >= 4 is 11.9 Å². The lowest BCUT2D eigenvalue weighted by Gasteiger charge is -2.16. The molecule has 0 bridgehead atoms. The Morgan fingerprint density at radius 3 is 1.83 bits per heavy atom. The van der Waals surface area contributed by atoms with Gasteiger partial charge in [0.05, 0.1) is 20.8 Å². The zero-order valence-electron chi connectivity index (χ0n) is 6.67. The van der Waals surface area contributed by atoms with E-state index in [1.807, 2.05) is 0 Å². The third kappa shape index (κ3) is 1.70. The Balaban J connectivity index is 4.66. The van der Waals surface area contributed by atoms with Crippen LogP contribution in [0.3, 0.4) is 0 Å². The van der Waals surface area contributed by atoms with Crippen molar-refractivity contribution in [1.82, 2.24) is 0 Å². The first kappa shape index (κ1) is 10.8. The fraction of sp³-hybridized carbons (Fsp3) is 0.667. The Morgan fingerprint density at radius 1 is 1.33 bits per heavy atom. The zero-order chi connectivity index (χ0) is 9.78. The van der Waals surface area contributed by atoms with Crippen LogP contribution < -0.4 is 0 Å². The highest BCUT2D eigenvalue weighted by atomic mass is 19.1. The average Bonchev–Trinajstić information content (AvgIpc) is 2.13. The number of carbonyl (C=O) groups is 2. The van der Waals surface area contributed by atoms with Crippen molar-refractivity contribution in [2.45, 2.75) is 5.67 Å². The summed E-state index contributed by atoms with van der Waals surface area (Å²) in [7, 11) is 1.80. The quantitative estimate of drug-likeness (QED) is 0.447. The number of aliphatic hydroxyl groups is 1. The number of methoxy groups -OCH3 is 2. The summed E-state index contributed by atoms with van der Waals surface area (Å²) in [5.41, 5.74) is -3.11. The van der Waals surface area contributed by atoms with Crippen LogP contribution in [0.15, 0.2) is 0 Å². The van der Waals surface area contributed by atoms with Gasteiger partial charge in [0.25, 0.3) is 0 Å². The number of esters is 2. The van der Waals surface area contributed by atoms with Crippen molar-refractivity contribution in [3.8, 4) is 0 Å². The van der Waals surface area contributed by atoms with Gasteiger partial charge >= 0.3 is 17.6 Å². The maximum atomic E-state index is 13.1. The maximum Gasteiger partial charge on any atom is 0.358 e. The van der Waals surface area contributed by atoms with Crippen molar-refractivity contribution in [3.63, 3.8) is 0 Å². The molecule has 0 saturated heterocycles. The van der Waals surface area contributed by atoms with Crippen LogP contribution in [0.4, 0.5) is 4.39 Å². The van der Waals surface area contributed by atoms with E-state index in [2.05, 4.69) is 9.47 Å². The van der Waals surface area contributed by atoms with Crippen molar-refractivity contribution in [3.05, 3.63) is 0 Å². The highest BCUT2D eigenvalue weighted by Crippen LogP contribution is 2.14. The summed E-state index contributed by atoms with van der Waals surface area (Å²) < 4.78 is 21.0. The molecule has 70 valence electrons. The van der Waals surface area contributed by atoms with Gasteiger partial charge in [-0.15, -0.1) is 0 Å². The monoisotopic (exact) mass is 180 g/mol. The van der Waals surface area contributed by atoms with Crippen molar-refractivity contribution < 1.29 is 28.6 Å². The maximum absolute atomic E-state index is 13.1. The molecule has 0 aromatic heterocycles. The van der Waals surface area contributed by atoms with Crippen LogP contribution in [-0.2, 0) is 19.1 Å². The van der Waals surface area contributed by atoms with Crippen molar-refractivity contribution in [1.29, 1.82) is 0 Å². The summed E-state index contributed by atoms with van der Waals surface area (Å²) in [5, 5.41) is 8.41. The molecule has 0 aliphatic heterocycles. The fourth-order valence-electron chi connectivity index (χ4n) is 0.536. The molecule has 0 rings (SSSR count). The Hall–Kier alpha value is -1.17. The summed E-state index contributed by atoms with van der Waals surface area (Å²) in [4.78, 5) is 21.2. The molecule has 0 atom stereocenters. The Morgan fingerprint density at radius 2 is 1.67 bits per heavy atom. The minimum absolute atomic E-state index is 0.898. The summed E-state index contributed by atoms with van der Waals surface area (Å²) in [6, 6.07) is 0. The topological polar surface area (TPSA) is 72.8 Å². The minimum Gasteiger partial charge on any atom is -0.466 e. The Labute approximate surface area is 68.1 Å². The third-order valence-electron chi connectivity index (χ3n) is 1.24. The van der Waals surface area contributed by atoms with E-state index in [1.165, 1.54) is 0 Å². The molecule has 12 heavy (non-hydrogen) atoms. The van der Waals surface area contributed by atoms with E-state index >= 15 is 0 Å². The second kappa shape index (κ2) is 4.01. The highest BCUT2D eigenvalue weighted by molar-refractivity contribution is 6.03. The van der Waals surface area contributed by atoms with Gasteiger partial charge < -0.3 is 14.6 Å². The number of hydrogen-bond acceptors (Lipinski definition) is 5. The molecule has 0 saturated carbocycles. The lowest BCUT2D eigenvalue weighted by Crippen LogP contribution is -2.47. The molecule has 0 fully saturated rings. The van der Waals surface area contributed by atoms with Crippen LogP contribution in [0.25, 0.3) is 0 Å². The number of rotatable bonds is 3. The molecule has 0 radical (unpaired) electrons. The molecular weight excluding hydrogens is 171 g/mol. The smallest absolute Gasteiger partial charge is 0.358 e. The number of hydrogen-bond donors (Lipinski definition) is 1. The molecule has 0 amide bonds. The number of halogens is 1. The zero-order valence-corrected chi connectivity index (χ0v) is 6.67. The molecule has 5 nitrogen and oxygen atoms in total. The molecule has 0 aromatic rings. The van der Waals surface area contributed by atoms with Gasteiger partial charge in [0, 0.05) is 0 Å². The summed E-state index contributed by atoms with van der Waals surface area (Å²) in [6.45, 7) is -1.30. The highest BCUT2D eigenvalue weighted by Gasteiger charge is 2.49. The predicted molar refractivity (Wildman–Crippen MR) is 35.0 cm³/mol. The van der Waals surface area contributed by atoms with Crippen LogP contribution >= 0.6 is 0 Å². The largest absolute Gasteiger partial charge is 0.466 e. The first-order valence-electron chi connectivity index (χ1n) is 2.99. The standard InChI is InChI=1S/C6H9FO5/c1-11-4(9)6(7,3-8)5(10)12-2/h8H,3H2,1-2H3. The number of aliphatic hydroxyl groups excluding tert-OH is 1. The molecule has 0 aromatic carbocycles. The van der Waals surface area contributed by atoms with E-state index < -0.39 is 24.2 Å². The normalized spacial score (nSPS) is 10.7. The number of ether oxygens (including phenoxy) is 2. The van der Waals surface area contributed by atoms with Crippen molar-refractivity contribution in [2.75, 3.05) is 20.8 Å². The van der Waals surface area contributed by atoms with Crippen LogP contribution in [-0.4, -0.2) is 43.5 Å². The van der Waals surface area contributed by atoms with E-state index in [4.69, 9.17) is 5.11 Å². The molecule has 0 heterocycles. The van der Waals surface area contributed by atoms with E-state index in [0.29, 0.717) is 0 Å². The second-order valence-corrected chi connectivity index (χ2v) is 1.94. The van der Waals surface area contributed by atoms with Gasteiger partial charge in [-0.2, -0.15) is 0 Å². The first-order valence-corrected chi connectivity index (χ1v) is 2.99. The van der Waals surface area contributed by atoms with Gasteiger partial charge in [0.2, 0.25) is 0 Å². The molecule has 6 heteroatoms. The average molecular weight is 180 g/mol. The van der Waals surface area contributed by atoms with E-state index in [1.54, 1.807) is 0 Å². The van der Waals surface area contributed by atoms with Gasteiger partial charge in [-0.3, -0.25) is 0 Å². The van der Waals surface area contributed by atoms with Gasteiger partial charge in [-0.1, -0.05) is 0 Å². The van der Waals surface area contributed by atoms with Crippen LogP contribution in [0, 0.1) is 0 Å². The summed E-state index contributed by atoms with van der Waals surface area (Å²) in [5.74, 6) is -2.95. The molecular formula is C6H9FO5. The lowest BCUT2D eigenvalue weighted by molar-refractivity contribution is -0.174. The van der Waals surface area contributed by atoms with E-state index in [0.717, 1.165) is 14.2 Å². The van der Waals surface area contributed by atoms with E-state index in [9.17, 15) is 14.0 Å². The van der Waals surface area contributed by atoms with Crippen molar-refractivity contribution in [2.24, 2.45) is 0 Å². The summed E-state index contributed by atoms with van der Waals surface area (Å²) >= 11 is 0.